The molecule has 2 heterocycles. The molecule has 1 saturated heterocycles. The highest BCUT2D eigenvalue weighted by molar-refractivity contribution is 7.85. The molecule has 0 atom stereocenters. The molecule has 0 amide bonds. The number of anilines is 1. The minimum atomic E-state index is -0.598. The molecule has 0 spiro atoms. The summed E-state index contributed by atoms with van der Waals surface area (Å²) in [4.78, 5) is 6.48. The van der Waals surface area contributed by atoms with Crippen molar-refractivity contribution in [2.24, 2.45) is 0 Å². The molecule has 0 aromatic carbocycles. The predicted octanol–water partition coefficient (Wildman–Crippen LogP) is 0.290. The predicted molar refractivity (Wildman–Crippen MR) is 59.7 cm³/mol. The molecule has 1 aromatic rings. The van der Waals surface area contributed by atoms with Crippen molar-refractivity contribution in [2.45, 2.75) is 6.54 Å². The Labute approximate surface area is 89.6 Å². The second-order valence-electron chi connectivity index (χ2n) is 3.30. The highest BCUT2D eigenvalue weighted by Crippen LogP contribution is 2.13. The first-order chi connectivity index (χ1) is 6.74. The van der Waals surface area contributed by atoms with Crippen molar-refractivity contribution < 1.29 is 4.21 Å². The summed E-state index contributed by atoms with van der Waals surface area (Å²) >= 11 is 1.47. The third-order valence-corrected chi connectivity index (χ3v) is 4.22. The van der Waals surface area contributed by atoms with E-state index < -0.39 is 10.8 Å². The van der Waals surface area contributed by atoms with Gasteiger partial charge in [-0.3, -0.25) is 9.11 Å². The molecule has 6 heteroatoms. The summed E-state index contributed by atoms with van der Waals surface area (Å²) in [6, 6.07) is 0. The van der Waals surface area contributed by atoms with Crippen LogP contribution in [0, 0.1) is 0 Å². The summed E-state index contributed by atoms with van der Waals surface area (Å²) in [5.74, 6) is 1.58. The van der Waals surface area contributed by atoms with E-state index in [2.05, 4.69) is 9.88 Å². The Balaban J connectivity index is 1.89. The highest BCUT2D eigenvalue weighted by atomic mass is 32.2. The van der Waals surface area contributed by atoms with E-state index in [4.69, 9.17) is 5.73 Å². The second-order valence-corrected chi connectivity index (χ2v) is 5.89. The van der Waals surface area contributed by atoms with Gasteiger partial charge in [-0.15, -0.1) is 11.3 Å². The third kappa shape index (κ3) is 2.52. The van der Waals surface area contributed by atoms with Crippen LogP contribution in [0.25, 0.3) is 0 Å². The lowest BCUT2D eigenvalue weighted by atomic mass is 10.4. The van der Waals surface area contributed by atoms with Crippen molar-refractivity contribution in [1.29, 1.82) is 0 Å². The Morgan fingerprint density at radius 2 is 2.29 bits per heavy atom. The Bertz CT molecular complexity index is 329. The molecule has 0 radical (unpaired) electrons. The largest absolute Gasteiger partial charge is 0.375 e. The van der Waals surface area contributed by atoms with Gasteiger partial charge in [-0.25, -0.2) is 4.98 Å². The van der Waals surface area contributed by atoms with Gasteiger partial charge in [0.1, 0.15) is 0 Å². The van der Waals surface area contributed by atoms with Crippen LogP contribution in [-0.4, -0.2) is 38.7 Å². The van der Waals surface area contributed by atoms with Crippen LogP contribution in [0.2, 0.25) is 0 Å². The van der Waals surface area contributed by atoms with Gasteiger partial charge in [-0.1, -0.05) is 0 Å². The van der Waals surface area contributed by atoms with Crippen LogP contribution in [0.5, 0.6) is 0 Å². The maximum absolute atomic E-state index is 11.1. The van der Waals surface area contributed by atoms with E-state index in [9.17, 15) is 4.21 Å². The molecule has 1 aromatic heterocycles. The zero-order valence-electron chi connectivity index (χ0n) is 7.81. The average Bonchev–Trinajstić information content (AvgIpc) is 2.56. The van der Waals surface area contributed by atoms with E-state index in [1.54, 1.807) is 0 Å². The number of hydrogen-bond acceptors (Lipinski definition) is 5. The quantitative estimate of drug-likeness (QED) is 0.795. The molecule has 4 nitrogen and oxygen atoms in total. The van der Waals surface area contributed by atoms with E-state index in [0.29, 0.717) is 5.13 Å². The standard InChI is InChI=1S/C8H13N3OS2/c9-8-10-7(6-13-8)5-11-1-3-14(12)4-2-11/h6H,1-5H2,(H2,9,10). The Hall–Kier alpha value is -0.460. The van der Waals surface area contributed by atoms with Crippen LogP contribution < -0.4 is 5.73 Å². The molecule has 2 N–H and O–H groups in total. The molecular weight excluding hydrogens is 218 g/mol. The summed E-state index contributed by atoms with van der Waals surface area (Å²) in [6.45, 7) is 2.65. The Morgan fingerprint density at radius 3 is 2.86 bits per heavy atom. The van der Waals surface area contributed by atoms with E-state index in [1.807, 2.05) is 5.38 Å². The smallest absolute Gasteiger partial charge is 0.180 e. The lowest BCUT2D eigenvalue weighted by Gasteiger charge is -2.24. The number of hydrogen-bond donors (Lipinski definition) is 1. The number of rotatable bonds is 2. The summed E-state index contributed by atoms with van der Waals surface area (Å²) in [7, 11) is -0.598. The summed E-state index contributed by atoms with van der Waals surface area (Å²) in [5, 5.41) is 2.61. The van der Waals surface area contributed by atoms with Gasteiger partial charge in [-0.05, 0) is 0 Å². The Morgan fingerprint density at radius 1 is 1.57 bits per heavy atom. The zero-order chi connectivity index (χ0) is 9.97. The van der Waals surface area contributed by atoms with Crippen LogP contribution in [-0.2, 0) is 17.3 Å². The molecule has 78 valence electrons. The second kappa shape index (κ2) is 4.37. The first-order valence-electron chi connectivity index (χ1n) is 4.51. The fourth-order valence-corrected chi connectivity index (χ4v) is 3.14. The first-order valence-corrected chi connectivity index (χ1v) is 6.88. The van der Waals surface area contributed by atoms with E-state index in [1.165, 1.54) is 11.3 Å². The highest BCUT2D eigenvalue weighted by Gasteiger charge is 2.15. The molecule has 0 bridgehead atoms. The van der Waals surface area contributed by atoms with Gasteiger partial charge in [0, 0.05) is 47.3 Å². The lowest BCUT2D eigenvalue weighted by molar-refractivity contribution is 0.288. The average molecular weight is 231 g/mol. The van der Waals surface area contributed by atoms with Gasteiger partial charge < -0.3 is 5.73 Å². The topological polar surface area (TPSA) is 59.2 Å². The van der Waals surface area contributed by atoms with Crippen molar-refractivity contribution in [2.75, 3.05) is 30.3 Å². The molecule has 0 unspecified atom stereocenters. The van der Waals surface area contributed by atoms with Crippen molar-refractivity contribution in [1.82, 2.24) is 9.88 Å². The number of aromatic nitrogens is 1. The SMILES string of the molecule is Nc1nc(CN2CCS(=O)CC2)cs1. The first kappa shape index (κ1) is 10.1. The van der Waals surface area contributed by atoms with Crippen LogP contribution in [0.15, 0.2) is 5.38 Å². The number of nitrogen functional groups attached to an aromatic ring is 1. The minimum Gasteiger partial charge on any atom is -0.375 e. The maximum Gasteiger partial charge on any atom is 0.180 e. The van der Waals surface area contributed by atoms with Crippen LogP contribution in [0.1, 0.15) is 5.69 Å². The van der Waals surface area contributed by atoms with Gasteiger partial charge in [0.25, 0.3) is 0 Å². The van der Waals surface area contributed by atoms with E-state index >= 15 is 0 Å². The molecule has 0 saturated carbocycles. The maximum atomic E-state index is 11.1. The fraction of sp³-hybridized carbons (Fsp3) is 0.625. The van der Waals surface area contributed by atoms with Gasteiger partial charge in [-0.2, -0.15) is 0 Å². The number of nitrogens with zero attached hydrogens (tertiary/aromatic N) is 2. The molecule has 1 aliphatic rings. The molecular formula is C8H13N3OS2. The van der Waals surface area contributed by atoms with Gasteiger partial charge >= 0.3 is 0 Å². The monoisotopic (exact) mass is 231 g/mol. The third-order valence-electron chi connectivity index (χ3n) is 2.23. The van der Waals surface area contributed by atoms with Gasteiger partial charge in [0.15, 0.2) is 5.13 Å². The van der Waals surface area contributed by atoms with Crippen LogP contribution in [0.3, 0.4) is 0 Å². The fourth-order valence-electron chi connectivity index (χ4n) is 1.46. The number of nitrogens with two attached hydrogens (primary N) is 1. The van der Waals surface area contributed by atoms with E-state index in [-0.39, 0.29) is 0 Å². The zero-order valence-corrected chi connectivity index (χ0v) is 9.44. The molecule has 0 aliphatic carbocycles. The minimum absolute atomic E-state index is 0.598. The van der Waals surface area contributed by atoms with E-state index in [0.717, 1.165) is 36.8 Å². The molecule has 1 aliphatic heterocycles. The van der Waals surface area contributed by atoms with Gasteiger partial charge in [0.05, 0.1) is 5.69 Å². The Kier molecular flexibility index (Phi) is 3.15. The molecule has 14 heavy (non-hydrogen) atoms. The molecule has 2 rings (SSSR count). The molecule has 1 fully saturated rings. The van der Waals surface area contributed by atoms with Crippen LogP contribution >= 0.6 is 11.3 Å². The van der Waals surface area contributed by atoms with Gasteiger partial charge in [0.2, 0.25) is 0 Å². The van der Waals surface area contributed by atoms with Crippen LogP contribution in [0.4, 0.5) is 5.13 Å². The van der Waals surface area contributed by atoms with Crippen molar-refractivity contribution >= 4 is 27.3 Å². The summed E-state index contributed by atoms with van der Waals surface area (Å²) in [6.07, 6.45) is 0. The van der Waals surface area contributed by atoms with Crippen molar-refractivity contribution in [3.63, 3.8) is 0 Å². The summed E-state index contributed by atoms with van der Waals surface area (Å²) < 4.78 is 11.1. The normalized spacial score (nSPS) is 20.0. The van der Waals surface area contributed by atoms with Crippen molar-refractivity contribution in [3.8, 4) is 0 Å². The van der Waals surface area contributed by atoms with Crippen molar-refractivity contribution in [3.05, 3.63) is 11.1 Å². The number of thiazole rings is 1. The summed E-state index contributed by atoms with van der Waals surface area (Å²) in [5.41, 5.74) is 6.57. The lowest BCUT2D eigenvalue weighted by Crippen LogP contribution is -2.37.